The number of nitrogens with one attached hydrogen (secondary N) is 2. The average Bonchev–Trinajstić information content (AvgIpc) is 3.16. The summed E-state index contributed by atoms with van der Waals surface area (Å²) in [4.78, 5) is 24.5. The van der Waals surface area contributed by atoms with Crippen LogP contribution >= 0.6 is 11.6 Å². The Morgan fingerprint density at radius 1 is 1.17 bits per heavy atom. The van der Waals surface area contributed by atoms with E-state index in [1.54, 1.807) is 36.4 Å². The third kappa shape index (κ3) is 4.17. The molecule has 0 atom stereocenters. The third-order valence-electron chi connectivity index (χ3n) is 4.31. The van der Waals surface area contributed by atoms with Crippen molar-refractivity contribution in [2.45, 2.75) is 13.0 Å². The van der Waals surface area contributed by atoms with Crippen molar-refractivity contribution < 1.29 is 9.18 Å². The van der Waals surface area contributed by atoms with Gasteiger partial charge >= 0.3 is 0 Å². The zero-order valence-corrected chi connectivity index (χ0v) is 15.8. The second kappa shape index (κ2) is 7.84. The van der Waals surface area contributed by atoms with E-state index in [1.165, 1.54) is 16.6 Å². The number of aromatic nitrogens is 4. The fraction of sp³-hybridized carbons (Fsp3) is 0.100. The van der Waals surface area contributed by atoms with Gasteiger partial charge in [0.1, 0.15) is 11.3 Å². The molecule has 0 saturated carbocycles. The molecular weight excluding hydrogens is 397 g/mol. The predicted octanol–water partition coefficient (Wildman–Crippen LogP) is 2.74. The molecule has 7 nitrogen and oxygen atoms in total. The summed E-state index contributed by atoms with van der Waals surface area (Å²) in [7, 11) is 0. The normalized spacial score (nSPS) is 11.0. The predicted molar refractivity (Wildman–Crippen MR) is 106 cm³/mol. The van der Waals surface area contributed by atoms with Crippen molar-refractivity contribution in [1.29, 1.82) is 0 Å². The number of rotatable bonds is 5. The van der Waals surface area contributed by atoms with Crippen molar-refractivity contribution >= 4 is 23.0 Å². The van der Waals surface area contributed by atoms with Gasteiger partial charge in [-0.1, -0.05) is 23.7 Å². The molecule has 0 aliphatic rings. The van der Waals surface area contributed by atoms with Crippen molar-refractivity contribution in [3.63, 3.8) is 0 Å². The number of amides is 1. The number of halogens is 2. The number of hydrogen-bond donors (Lipinski definition) is 2. The molecule has 0 radical (unpaired) electrons. The third-order valence-corrected chi connectivity index (χ3v) is 4.55. The van der Waals surface area contributed by atoms with Crippen LogP contribution in [0.1, 0.15) is 11.4 Å². The molecule has 146 valence electrons. The summed E-state index contributed by atoms with van der Waals surface area (Å²) >= 11 is 5.94. The first-order valence-corrected chi connectivity index (χ1v) is 9.12. The lowest BCUT2D eigenvalue weighted by molar-refractivity contribution is -0.120. The molecule has 0 bridgehead atoms. The van der Waals surface area contributed by atoms with Crippen molar-refractivity contribution in [1.82, 2.24) is 25.1 Å². The number of fused-ring (bicyclic) bond motifs is 1. The van der Waals surface area contributed by atoms with Crippen LogP contribution in [0.25, 0.3) is 16.8 Å². The highest BCUT2D eigenvalue weighted by Crippen LogP contribution is 2.19. The highest BCUT2D eigenvalue weighted by molar-refractivity contribution is 6.30. The molecule has 0 aliphatic carbocycles. The quantitative estimate of drug-likeness (QED) is 0.528. The maximum atomic E-state index is 13.2. The summed E-state index contributed by atoms with van der Waals surface area (Å²) < 4.78 is 14.5. The van der Waals surface area contributed by atoms with Gasteiger partial charge in [0, 0.05) is 17.1 Å². The molecule has 0 fully saturated rings. The minimum absolute atomic E-state index is 0.0849. The molecule has 0 saturated heterocycles. The van der Waals surface area contributed by atoms with E-state index >= 15 is 0 Å². The van der Waals surface area contributed by atoms with Crippen LogP contribution in [0.5, 0.6) is 0 Å². The van der Waals surface area contributed by atoms with Gasteiger partial charge in [0.2, 0.25) is 5.91 Å². The number of benzene rings is 2. The molecule has 2 aromatic heterocycles. The largest absolute Gasteiger partial charge is 0.352 e. The molecule has 2 N–H and O–H groups in total. The summed E-state index contributed by atoms with van der Waals surface area (Å²) in [6, 6.07) is 14.5. The van der Waals surface area contributed by atoms with Gasteiger partial charge < -0.3 is 5.32 Å². The Morgan fingerprint density at radius 2 is 1.97 bits per heavy atom. The first kappa shape index (κ1) is 18.8. The monoisotopic (exact) mass is 411 g/mol. The van der Waals surface area contributed by atoms with Gasteiger partial charge in [-0.25, -0.2) is 14.0 Å². The lowest BCUT2D eigenvalue weighted by Crippen LogP contribution is -2.27. The maximum Gasteiger partial charge on any atom is 0.290 e. The number of hydrogen-bond acceptors (Lipinski definition) is 4. The summed E-state index contributed by atoms with van der Waals surface area (Å²) in [5, 5.41) is 14.1. The first-order chi connectivity index (χ1) is 14.0. The van der Waals surface area contributed by atoms with E-state index in [4.69, 9.17) is 11.6 Å². The second-order valence-corrected chi connectivity index (χ2v) is 6.82. The molecule has 0 unspecified atom stereocenters. The standard InChI is InChI=1S/C20H15ClFN5O2/c21-14-3-1-2-12(8-14)11-23-19(28)10-18-24-25-20(29)17-9-16(26-27(17)18)13-4-6-15(22)7-5-13/h1-9H,10-11H2,(H,23,28)(H,25,29). The molecule has 4 rings (SSSR count). The van der Waals surface area contributed by atoms with E-state index in [0.29, 0.717) is 22.8 Å². The number of carbonyl (C=O) groups is 1. The first-order valence-electron chi connectivity index (χ1n) is 8.74. The Kier molecular flexibility index (Phi) is 5.09. The topological polar surface area (TPSA) is 92.2 Å². The minimum Gasteiger partial charge on any atom is -0.352 e. The summed E-state index contributed by atoms with van der Waals surface area (Å²) in [5.41, 5.74) is 1.80. The zero-order chi connectivity index (χ0) is 20.4. The van der Waals surface area contributed by atoms with Gasteiger partial charge in [-0.15, -0.1) is 0 Å². The Balaban J connectivity index is 1.57. The van der Waals surface area contributed by atoms with Gasteiger partial charge in [0.05, 0.1) is 12.1 Å². The molecule has 2 aromatic carbocycles. The van der Waals surface area contributed by atoms with Crippen molar-refractivity contribution in [3.8, 4) is 11.3 Å². The van der Waals surface area contributed by atoms with Gasteiger partial charge in [-0.2, -0.15) is 10.2 Å². The van der Waals surface area contributed by atoms with Crippen LogP contribution in [-0.4, -0.2) is 25.7 Å². The number of H-pyrrole nitrogens is 1. The van der Waals surface area contributed by atoms with E-state index in [2.05, 4.69) is 20.6 Å². The summed E-state index contributed by atoms with van der Waals surface area (Å²) in [6.07, 6.45) is -0.0849. The van der Waals surface area contributed by atoms with Crippen LogP contribution in [-0.2, 0) is 17.8 Å². The molecule has 9 heteroatoms. The maximum absolute atomic E-state index is 13.2. The fourth-order valence-electron chi connectivity index (χ4n) is 2.89. The minimum atomic E-state index is -0.436. The SMILES string of the molecule is O=C(Cc1n[nH]c(=O)c2cc(-c3ccc(F)cc3)nn12)NCc1cccc(Cl)c1. The van der Waals surface area contributed by atoms with Crippen LogP contribution in [0.4, 0.5) is 4.39 Å². The van der Waals surface area contributed by atoms with E-state index in [0.717, 1.165) is 5.56 Å². The molecule has 0 aliphatic heterocycles. The highest BCUT2D eigenvalue weighted by atomic mass is 35.5. The van der Waals surface area contributed by atoms with Crippen molar-refractivity contribution in [3.05, 3.63) is 87.2 Å². The van der Waals surface area contributed by atoms with Gasteiger partial charge in [0.25, 0.3) is 5.56 Å². The van der Waals surface area contributed by atoms with Crippen LogP contribution in [0, 0.1) is 5.82 Å². The molecule has 4 aromatic rings. The molecule has 1 amide bonds. The lowest BCUT2D eigenvalue weighted by atomic mass is 10.1. The smallest absolute Gasteiger partial charge is 0.290 e. The lowest BCUT2D eigenvalue weighted by Gasteiger charge is -2.06. The number of nitrogens with zero attached hydrogens (tertiary/aromatic N) is 3. The highest BCUT2D eigenvalue weighted by Gasteiger charge is 2.14. The Labute approximate surface area is 169 Å². The Morgan fingerprint density at radius 3 is 2.72 bits per heavy atom. The molecule has 0 spiro atoms. The average molecular weight is 412 g/mol. The van der Waals surface area contributed by atoms with Gasteiger partial charge in [0.15, 0.2) is 5.82 Å². The zero-order valence-electron chi connectivity index (χ0n) is 15.0. The second-order valence-electron chi connectivity index (χ2n) is 6.39. The van der Waals surface area contributed by atoms with E-state index in [9.17, 15) is 14.0 Å². The summed E-state index contributed by atoms with van der Waals surface area (Å²) in [5.74, 6) is -0.379. The van der Waals surface area contributed by atoms with Crippen molar-refractivity contribution in [2.75, 3.05) is 0 Å². The van der Waals surface area contributed by atoms with Gasteiger partial charge in [-0.3, -0.25) is 9.59 Å². The van der Waals surface area contributed by atoms with E-state index in [1.807, 2.05) is 6.07 Å². The number of carbonyl (C=O) groups excluding carboxylic acids is 1. The number of aromatic amines is 1. The Bertz CT molecular complexity index is 1250. The molecule has 2 heterocycles. The van der Waals surface area contributed by atoms with Crippen LogP contribution in [0.2, 0.25) is 5.02 Å². The van der Waals surface area contributed by atoms with Gasteiger partial charge in [-0.05, 0) is 48.0 Å². The van der Waals surface area contributed by atoms with Crippen LogP contribution in [0.15, 0.2) is 59.4 Å². The van der Waals surface area contributed by atoms with E-state index in [-0.39, 0.29) is 29.5 Å². The summed E-state index contributed by atoms with van der Waals surface area (Å²) in [6.45, 7) is 0.311. The fourth-order valence-corrected chi connectivity index (χ4v) is 3.10. The molecule has 29 heavy (non-hydrogen) atoms. The Hall–Kier alpha value is -3.52. The van der Waals surface area contributed by atoms with Crippen molar-refractivity contribution in [2.24, 2.45) is 0 Å². The van der Waals surface area contributed by atoms with Crippen LogP contribution < -0.4 is 10.9 Å². The van der Waals surface area contributed by atoms with Crippen LogP contribution in [0.3, 0.4) is 0 Å². The molecular formula is C20H15ClFN5O2. The van der Waals surface area contributed by atoms with E-state index < -0.39 is 5.56 Å².